The second kappa shape index (κ2) is 4.94. The Morgan fingerprint density at radius 1 is 1.39 bits per heavy atom. The van der Waals surface area contributed by atoms with Crippen molar-refractivity contribution in [2.45, 2.75) is 39.7 Å². The summed E-state index contributed by atoms with van der Waals surface area (Å²) >= 11 is 1.53. The van der Waals surface area contributed by atoms with Crippen molar-refractivity contribution in [3.05, 3.63) is 29.0 Å². The van der Waals surface area contributed by atoms with Gasteiger partial charge in [-0.15, -0.1) is 11.3 Å². The van der Waals surface area contributed by atoms with E-state index in [0.29, 0.717) is 0 Å². The second-order valence-corrected chi connectivity index (χ2v) is 7.06. The molecule has 1 heterocycles. The highest BCUT2D eigenvalue weighted by Gasteiger charge is 2.17. The molecule has 0 fully saturated rings. The van der Waals surface area contributed by atoms with Crippen molar-refractivity contribution in [1.82, 2.24) is 4.98 Å². The molecule has 0 saturated carbocycles. The van der Waals surface area contributed by atoms with Crippen LogP contribution in [-0.4, -0.2) is 11.0 Å². The fraction of sp³-hybridized carbons (Fsp3) is 0.500. The molecular weight excluding hydrogens is 247 g/mol. The second-order valence-electron chi connectivity index (χ2n) is 5.95. The van der Waals surface area contributed by atoms with Crippen LogP contribution < -0.4 is 5.73 Å². The SMILES string of the molecule is CC(C)(C)CC(N)Cc1nc2ccc(F)cc2s1. The van der Waals surface area contributed by atoms with Crippen molar-refractivity contribution in [2.75, 3.05) is 0 Å². The maximum atomic E-state index is 13.1. The van der Waals surface area contributed by atoms with Gasteiger partial charge in [-0.25, -0.2) is 9.37 Å². The van der Waals surface area contributed by atoms with Crippen molar-refractivity contribution in [3.8, 4) is 0 Å². The molecule has 0 saturated heterocycles. The van der Waals surface area contributed by atoms with Crippen LogP contribution in [0.1, 0.15) is 32.2 Å². The maximum Gasteiger partial charge on any atom is 0.124 e. The van der Waals surface area contributed by atoms with Gasteiger partial charge in [0.05, 0.1) is 15.2 Å². The third-order valence-corrected chi connectivity index (χ3v) is 3.75. The van der Waals surface area contributed by atoms with Crippen LogP contribution in [0, 0.1) is 11.2 Å². The van der Waals surface area contributed by atoms with Crippen LogP contribution in [-0.2, 0) is 6.42 Å². The summed E-state index contributed by atoms with van der Waals surface area (Å²) in [5, 5.41) is 0.993. The molecule has 1 aromatic heterocycles. The summed E-state index contributed by atoms with van der Waals surface area (Å²) in [5.41, 5.74) is 7.22. The van der Waals surface area contributed by atoms with Gasteiger partial charge in [0.1, 0.15) is 5.82 Å². The number of thiazole rings is 1. The molecule has 0 aliphatic carbocycles. The van der Waals surface area contributed by atoms with Gasteiger partial charge in [0.15, 0.2) is 0 Å². The van der Waals surface area contributed by atoms with E-state index >= 15 is 0 Å². The lowest BCUT2D eigenvalue weighted by molar-refractivity contribution is 0.338. The quantitative estimate of drug-likeness (QED) is 0.919. The van der Waals surface area contributed by atoms with Crippen LogP contribution in [0.15, 0.2) is 18.2 Å². The average Bonchev–Trinajstić information content (AvgIpc) is 2.55. The van der Waals surface area contributed by atoms with E-state index in [4.69, 9.17) is 5.73 Å². The first-order valence-corrected chi connectivity index (χ1v) is 6.96. The van der Waals surface area contributed by atoms with Gasteiger partial charge in [0.2, 0.25) is 0 Å². The zero-order valence-corrected chi connectivity index (χ0v) is 11.9. The summed E-state index contributed by atoms with van der Waals surface area (Å²) in [6.45, 7) is 6.54. The molecule has 0 aliphatic heterocycles. The monoisotopic (exact) mass is 266 g/mol. The lowest BCUT2D eigenvalue weighted by Crippen LogP contribution is -2.28. The first-order chi connectivity index (χ1) is 8.33. The first-order valence-electron chi connectivity index (χ1n) is 6.14. The Balaban J connectivity index is 2.12. The van der Waals surface area contributed by atoms with E-state index in [1.165, 1.54) is 23.5 Å². The minimum Gasteiger partial charge on any atom is -0.327 e. The zero-order chi connectivity index (χ0) is 13.3. The van der Waals surface area contributed by atoms with Gasteiger partial charge in [0, 0.05) is 12.5 Å². The smallest absolute Gasteiger partial charge is 0.124 e. The van der Waals surface area contributed by atoms with Gasteiger partial charge >= 0.3 is 0 Å². The van der Waals surface area contributed by atoms with Crippen LogP contribution in [0.3, 0.4) is 0 Å². The molecule has 0 spiro atoms. The van der Waals surface area contributed by atoms with Gasteiger partial charge in [-0.1, -0.05) is 20.8 Å². The minimum absolute atomic E-state index is 0.107. The predicted octanol–water partition coefficient (Wildman–Crippen LogP) is 3.74. The summed E-state index contributed by atoms with van der Waals surface area (Å²) in [6.07, 6.45) is 1.72. The highest BCUT2D eigenvalue weighted by Crippen LogP contribution is 2.26. The number of aromatic nitrogens is 1. The van der Waals surface area contributed by atoms with E-state index in [-0.39, 0.29) is 17.3 Å². The molecule has 2 rings (SSSR count). The Hall–Kier alpha value is -1.000. The van der Waals surface area contributed by atoms with E-state index in [1.54, 1.807) is 6.07 Å². The molecule has 2 aromatic rings. The van der Waals surface area contributed by atoms with E-state index in [1.807, 2.05) is 0 Å². The molecule has 1 atom stereocenters. The van der Waals surface area contributed by atoms with Crippen LogP contribution in [0.5, 0.6) is 0 Å². The summed E-state index contributed by atoms with van der Waals surface area (Å²) in [7, 11) is 0. The zero-order valence-electron chi connectivity index (χ0n) is 11.0. The fourth-order valence-corrected chi connectivity index (χ4v) is 3.20. The predicted molar refractivity (Wildman–Crippen MR) is 75.3 cm³/mol. The molecule has 4 heteroatoms. The Labute approximate surface area is 111 Å². The number of halogens is 1. The third-order valence-electron chi connectivity index (χ3n) is 2.71. The number of hydrogen-bond acceptors (Lipinski definition) is 3. The molecule has 1 unspecified atom stereocenters. The van der Waals surface area contributed by atoms with Crippen molar-refractivity contribution in [2.24, 2.45) is 11.1 Å². The topological polar surface area (TPSA) is 38.9 Å². The summed E-state index contributed by atoms with van der Waals surface area (Å²) in [4.78, 5) is 4.50. The number of rotatable bonds is 3. The van der Waals surface area contributed by atoms with Crippen molar-refractivity contribution < 1.29 is 4.39 Å². The van der Waals surface area contributed by atoms with Crippen molar-refractivity contribution in [1.29, 1.82) is 0 Å². The van der Waals surface area contributed by atoms with E-state index in [0.717, 1.165) is 28.1 Å². The lowest BCUT2D eigenvalue weighted by Gasteiger charge is -2.22. The average molecular weight is 266 g/mol. The number of nitrogens with two attached hydrogens (primary N) is 1. The highest BCUT2D eigenvalue weighted by atomic mass is 32.1. The Morgan fingerprint density at radius 3 is 2.78 bits per heavy atom. The number of hydrogen-bond donors (Lipinski definition) is 1. The van der Waals surface area contributed by atoms with E-state index in [9.17, 15) is 4.39 Å². The number of nitrogens with zero attached hydrogens (tertiary/aromatic N) is 1. The molecule has 2 N–H and O–H groups in total. The molecule has 0 aliphatic rings. The van der Waals surface area contributed by atoms with Gasteiger partial charge in [-0.3, -0.25) is 0 Å². The first kappa shape index (κ1) is 13.4. The van der Waals surface area contributed by atoms with Crippen molar-refractivity contribution in [3.63, 3.8) is 0 Å². The number of benzene rings is 1. The van der Waals surface area contributed by atoms with Crippen LogP contribution in [0.25, 0.3) is 10.2 Å². The maximum absolute atomic E-state index is 13.1. The van der Waals surface area contributed by atoms with Gasteiger partial charge in [-0.05, 0) is 30.0 Å². The summed E-state index contributed by atoms with van der Waals surface area (Å²) in [5.74, 6) is -0.211. The third kappa shape index (κ3) is 3.50. The van der Waals surface area contributed by atoms with Gasteiger partial charge in [-0.2, -0.15) is 0 Å². The molecule has 18 heavy (non-hydrogen) atoms. The largest absolute Gasteiger partial charge is 0.327 e. The summed E-state index contributed by atoms with van der Waals surface area (Å²) < 4.78 is 14.0. The van der Waals surface area contributed by atoms with E-state index < -0.39 is 0 Å². The molecule has 2 nitrogen and oxygen atoms in total. The van der Waals surface area contributed by atoms with Crippen LogP contribution >= 0.6 is 11.3 Å². The lowest BCUT2D eigenvalue weighted by atomic mass is 9.87. The Morgan fingerprint density at radius 2 is 2.11 bits per heavy atom. The molecule has 98 valence electrons. The number of fused-ring (bicyclic) bond motifs is 1. The summed E-state index contributed by atoms with van der Waals surface area (Å²) in [6, 6.07) is 4.81. The van der Waals surface area contributed by atoms with Gasteiger partial charge in [0.25, 0.3) is 0 Å². The Bertz CT molecular complexity index is 542. The van der Waals surface area contributed by atoms with Crippen molar-refractivity contribution >= 4 is 21.6 Å². The highest BCUT2D eigenvalue weighted by molar-refractivity contribution is 7.18. The standard InChI is InChI=1S/C14H19FN2S/c1-14(2,3)8-10(16)7-13-17-11-5-4-9(15)6-12(11)18-13/h4-6,10H,7-8,16H2,1-3H3. The molecule has 0 bridgehead atoms. The molecule has 0 amide bonds. The van der Waals surface area contributed by atoms with Crippen LogP contribution in [0.2, 0.25) is 0 Å². The van der Waals surface area contributed by atoms with Crippen LogP contribution in [0.4, 0.5) is 4.39 Å². The molecular formula is C14H19FN2S. The Kier molecular flexibility index (Phi) is 3.69. The molecule has 1 aromatic carbocycles. The normalized spacial score (nSPS) is 14.1. The van der Waals surface area contributed by atoms with Gasteiger partial charge < -0.3 is 5.73 Å². The van der Waals surface area contributed by atoms with E-state index in [2.05, 4.69) is 25.8 Å². The molecule has 0 radical (unpaired) electrons. The minimum atomic E-state index is -0.211. The fourth-order valence-electron chi connectivity index (χ4n) is 2.12.